The monoisotopic (exact) mass is 328 g/mol. The lowest BCUT2D eigenvalue weighted by atomic mass is 10.0. The first kappa shape index (κ1) is 15.3. The summed E-state index contributed by atoms with van der Waals surface area (Å²) < 4.78 is 13.0. The normalized spacial score (nSPS) is 18.0. The van der Waals surface area contributed by atoms with Gasteiger partial charge in [-0.3, -0.25) is 4.68 Å². The molecule has 4 rings (SSSR count). The van der Waals surface area contributed by atoms with Crippen molar-refractivity contribution in [3.8, 4) is 16.9 Å². The van der Waals surface area contributed by atoms with Gasteiger partial charge in [0.05, 0.1) is 19.0 Å². The fraction of sp³-hybridized carbons (Fsp3) is 0.500. The van der Waals surface area contributed by atoms with E-state index in [1.165, 1.54) is 16.9 Å². The minimum absolute atomic E-state index is 0.494. The maximum absolute atomic E-state index is 6.20. The molecule has 2 aliphatic rings. The third-order valence-electron chi connectivity index (χ3n) is 5.23. The van der Waals surface area contributed by atoms with Crippen LogP contribution >= 0.6 is 0 Å². The van der Waals surface area contributed by atoms with Gasteiger partial charge in [0.15, 0.2) is 0 Å². The number of nitrogens with zero attached hydrogens (tertiary/aromatic N) is 3. The molecule has 0 spiro atoms. The third-order valence-corrected chi connectivity index (χ3v) is 5.23. The highest BCUT2D eigenvalue weighted by atomic mass is 16.5. The second-order valence-corrected chi connectivity index (χ2v) is 6.53. The predicted molar refractivity (Wildman–Crippen MR) is 94.5 cm³/mol. The van der Waals surface area contributed by atoms with E-state index in [-0.39, 0.29) is 0 Å². The van der Waals surface area contributed by atoms with Crippen LogP contribution in [0, 0.1) is 0 Å². The lowest BCUT2D eigenvalue weighted by Crippen LogP contribution is -2.40. The molecule has 1 saturated heterocycles. The average molecular weight is 328 g/mol. The van der Waals surface area contributed by atoms with Gasteiger partial charge in [-0.2, -0.15) is 5.10 Å². The molecule has 0 atom stereocenters. The van der Waals surface area contributed by atoms with Crippen LogP contribution in [0.4, 0.5) is 11.4 Å². The standard InChI is InChI=1S/C18H24N4O2/c1-21-16-3-6-22(12-4-7-24-8-5-12)17-10-18(23-2)15(19)9-13(17)14(16)11-20-21/h9-12H,3-8,19H2,1-2H3. The Hall–Kier alpha value is -2.21. The van der Waals surface area contributed by atoms with Gasteiger partial charge in [-0.05, 0) is 18.9 Å². The summed E-state index contributed by atoms with van der Waals surface area (Å²) >= 11 is 0. The number of hydrogen-bond acceptors (Lipinski definition) is 5. The van der Waals surface area contributed by atoms with E-state index in [0.29, 0.717) is 11.7 Å². The number of nitrogens with two attached hydrogens (primary N) is 1. The SMILES string of the molecule is COc1cc2c(cc1N)-c1cnn(C)c1CCN2C1CCOCC1. The van der Waals surface area contributed by atoms with Crippen LogP contribution in [0.2, 0.25) is 0 Å². The Kier molecular flexibility index (Phi) is 3.84. The molecule has 0 saturated carbocycles. The summed E-state index contributed by atoms with van der Waals surface area (Å²) in [6.07, 6.45) is 5.04. The number of fused-ring (bicyclic) bond motifs is 3. The van der Waals surface area contributed by atoms with Crippen molar-refractivity contribution in [1.29, 1.82) is 0 Å². The van der Waals surface area contributed by atoms with E-state index in [2.05, 4.69) is 16.1 Å². The number of methoxy groups -OCH3 is 1. The highest BCUT2D eigenvalue weighted by molar-refractivity contribution is 5.86. The molecule has 0 unspecified atom stereocenters. The largest absolute Gasteiger partial charge is 0.495 e. The van der Waals surface area contributed by atoms with Crippen molar-refractivity contribution < 1.29 is 9.47 Å². The number of ether oxygens (including phenoxy) is 2. The lowest BCUT2D eigenvalue weighted by molar-refractivity contribution is 0.0845. The van der Waals surface area contributed by atoms with Crippen LogP contribution in [0.25, 0.3) is 11.1 Å². The minimum Gasteiger partial charge on any atom is -0.495 e. The van der Waals surface area contributed by atoms with Crippen LogP contribution in [0.5, 0.6) is 5.75 Å². The predicted octanol–water partition coefficient (Wildman–Crippen LogP) is 2.22. The number of aryl methyl sites for hydroxylation is 1. The molecular weight excluding hydrogens is 304 g/mol. The number of hydrogen-bond donors (Lipinski definition) is 1. The molecule has 0 amide bonds. The Labute approximate surface area is 142 Å². The van der Waals surface area contributed by atoms with Gasteiger partial charge in [-0.15, -0.1) is 0 Å². The summed E-state index contributed by atoms with van der Waals surface area (Å²) in [6.45, 7) is 2.63. The Bertz CT molecular complexity index is 750. The van der Waals surface area contributed by atoms with Gasteiger partial charge < -0.3 is 20.1 Å². The summed E-state index contributed by atoms with van der Waals surface area (Å²) in [5.74, 6) is 0.734. The fourth-order valence-electron chi connectivity index (χ4n) is 3.92. The molecule has 128 valence electrons. The van der Waals surface area contributed by atoms with Crippen molar-refractivity contribution in [2.75, 3.05) is 37.5 Å². The summed E-state index contributed by atoms with van der Waals surface area (Å²) in [5, 5.41) is 4.45. The van der Waals surface area contributed by atoms with E-state index < -0.39 is 0 Å². The quantitative estimate of drug-likeness (QED) is 0.856. The summed E-state index contributed by atoms with van der Waals surface area (Å²) in [6, 6.07) is 4.61. The van der Waals surface area contributed by atoms with Crippen LogP contribution in [0.15, 0.2) is 18.3 Å². The number of nitrogen functional groups attached to an aromatic ring is 1. The van der Waals surface area contributed by atoms with Gasteiger partial charge in [0.1, 0.15) is 5.75 Å². The average Bonchev–Trinajstić information content (AvgIpc) is 2.89. The van der Waals surface area contributed by atoms with E-state index >= 15 is 0 Å². The first-order valence-corrected chi connectivity index (χ1v) is 8.52. The molecule has 6 nitrogen and oxygen atoms in total. The third kappa shape index (κ3) is 2.41. The Morgan fingerprint density at radius 1 is 1.25 bits per heavy atom. The number of rotatable bonds is 2. The van der Waals surface area contributed by atoms with Crippen molar-refractivity contribution >= 4 is 11.4 Å². The van der Waals surface area contributed by atoms with Crippen molar-refractivity contribution in [3.05, 3.63) is 24.0 Å². The maximum Gasteiger partial charge on any atom is 0.143 e. The van der Waals surface area contributed by atoms with E-state index in [0.717, 1.165) is 50.3 Å². The molecule has 2 aromatic rings. The summed E-state index contributed by atoms with van der Waals surface area (Å²) in [5.41, 5.74) is 11.7. The van der Waals surface area contributed by atoms with E-state index in [1.807, 2.05) is 24.0 Å². The van der Waals surface area contributed by atoms with E-state index in [1.54, 1.807) is 7.11 Å². The summed E-state index contributed by atoms with van der Waals surface area (Å²) in [7, 11) is 3.68. The molecule has 1 aromatic carbocycles. The summed E-state index contributed by atoms with van der Waals surface area (Å²) in [4.78, 5) is 2.51. The highest BCUT2D eigenvalue weighted by Crippen LogP contribution is 2.42. The Balaban J connectivity index is 1.86. The van der Waals surface area contributed by atoms with Crippen LogP contribution in [0.1, 0.15) is 18.5 Å². The number of aromatic nitrogens is 2. The van der Waals surface area contributed by atoms with Crippen molar-refractivity contribution in [2.24, 2.45) is 7.05 Å². The smallest absolute Gasteiger partial charge is 0.143 e. The van der Waals surface area contributed by atoms with Gasteiger partial charge in [0.25, 0.3) is 0 Å². The molecule has 0 aliphatic carbocycles. The molecular formula is C18H24N4O2. The zero-order valence-corrected chi connectivity index (χ0v) is 14.3. The zero-order chi connectivity index (χ0) is 16.7. The molecule has 24 heavy (non-hydrogen) atoms. The van der Waals surface area contributed by atoms with Crippen LogP contribution in [-0.4, -0.2) is 42.7 Å². The molecule has 0 radical (unpaired) electrons. The first-order chi connectivity index (χ1) is 11.7. The maximum atomic E-state index is 6.20. The molecule has 2 N–H and O–H groups in total. The zero-order valence-electron chi connectivity index (χ0n) is 14.3. The van der Waals surface area contributed by atoms with Gasteiger partial charge in [-0.1, -0.05) is 0 Å². The molecule has 1 fully saturated rings. The van der Waals surface area contributed by atoms with Crippen LogP contribution in [-0.2, 0) is 18.2 Å². The van der Waals surface area contributed by atoms with Gasteiger partial charge >= 0.3 is 0 Å². The second-order valence-electron chi connectivity index (χ2n) is 6.53. The van der Waals surface area contributed by atoms with Crippen molar-refractivity contribution in [3.63, 3.8) is 0 Å². The van der Waals surface area contributed by atoms with Crippen LogP contribution in [0.3, 0.4) is 0 Å². The van der Waals surface area contributed by atoms with E-state index in [4.69, 9.17) is 15.2 Å². The van der Waals surface area contributed by atoms with Gasteiger partial charge in [-0.25, -0.2) is 0 Å². The van der Waals surface area contributed by atoms with Crippen molar-refractivity contribution in [2.45, 2.75) is 25.3 Å². The number of anilines is 2. The van der Waals surface area contributed by atoms with Gasteiger partial charge in [0.2, 0.25) is 0 Å². The van der Waals surface area contributed by atoms with Gasteiger partial charge in [0, 0.05) is 67.8 Å². The number of benzene rings is 1. The van der Waals surface area contributed by atoms with E-state index in [9.17, 15) is 0 Å². The molecule has 6 heteroatoms. The topological polar surface area (TPSA) is 65.5 Å². The minimum atomic E-state index is 0.494. The van der Waals surface area contributed by atoms with Crippen LogP contribution < -0.4 is 15.4 Å². The Morgan fingerprint density at radius 3 is 2.79 bits per heavy atom. The Morgan fingerprint density at radius 2 is 2.04 bits per heavy atom. The lowest BCUT2D eigenvalue weighted by Gasteiger charge is -2.36. The molecule has 0 bridgehead atoms. The van der Waals surface area contributed by atoms with Crippen molar-refractivity contribution in [1.82, 2.24) is 9.78 Å². The fourth-order valence-corrected chi connectivity index (χ4v) is 3.92. The molecule has 1 aromatic heterocycles. The first-order valence-electron chi connectivity index (χ1n) is 8.52. The molecule has 3 heterocycles. The highest BCUT2D eigenvalue weighted by Gasteiger charge is 2.29. The second kappa shape index (κ2) is 6.02. The molecule has 2 aliphatic heterocycles.